The van der Waals surface area contributed by atoms with Crippen molar-refractivity contribution in [2.75, 3.05) is 31.6 Å². The maximum absolute atomic E-state index is 11.6. The molecule has 226 valence electrons. The van der Waals surface area contributed by atoms with Crippen LogP contribution in [0.15, 0.2) is 91.1 Å². The average Bonchev–Trinajstić information content (AvgIpc) is 3.38. The highest BCUT2D eigenvalue weighted by atomic mass is 16.5. The zero-order valence-electron chi connectivity index (χ0n) is 24.9. The van der Waals surface area contributed by atoms with Crippen molar-refractivity contribution in [1.82, 2.24) is 24.8 Å². The molecule has 3 N–H and O–H groups in total. The van der Waals surface area contributed by atoms with Crippen LogP contribution in [0.5, 0.6) is 0 Å². The molecule has 0 radical (unpaired) electrons. The van der Waals surface area contributed by atoms with Crippen LogP contribution < -0.4 is 10.6 Å². The molecule has 1 saturated carbocycles. The number of morpholine rings is 1. The topological polar surface area (TPSA) is 105 Å². The van der Waals surface area contributed by atoms with Gasteiger partial charge in [-0.15, -0.1) is 0 Å². The maximum Gasteiger partial charge on any atom is 0.405 e. The number of ether oxygens (including phenoxy) is 1. The van der Waals surface area contributed by atoms with Gasteiger partial charge in [0.25, 0.3) is 0 Å². The number of nitrogens with zero attached hydrogens (tertiary/aromatic N) is 4. The minimum absolute atomic E-state index is 0.531. The van der Waals surface area contributed by atoms with Gasteiger partial charge in [-0.25, -0.2) is 14.8 Å². The molecule has 5 aromatic rings. The van der Waals surface area contributed by atoms with E-state index in [4.69, 9.17) is 14.7 Å². The van der Waals surface area contributed by atoms with Crippen LogP contribution in [0.4, 0.5) is 16.3 Å². The molecule has 9 nitrogen and oxygen atoms in total. The fraction of sp³-hybridized carbons (Fsp3) is 0.250. The van der Waals surface area contributed by atoms with Crippen LogP contribution in [0.3, 0.4) is 0 Å². The molecule has 0 unspecified atom stereocenters. The van der Waals surface area contributed by atoms with Crippen molar-refractivity contribution >= 4 is 17.6 Å². The second-order valence-corrected chi connectivity index (χ2v) is 12.0. The standard InChI is InChI=1S/C36H34N6O3/c43-35(44)40-36(16-4-17-36)27-14-12-26(13-15-27)32-31(25-10-8-24(9-11-25)23-41-19-21-45-22-20-41)39-34-28-5-1-2-6-29(28)38-33-30(42(32)34)7-3-18-37-33/h1-3,5-15,18,40H,4,16-17,19-23H2,(H,37,38)(H,43,44). The van der Waals surface area contributed by atoms with Gasteiger partial charge in [0.2, 0.25) is 0 Å². The van der Waals surface area contributed by atoms with Crippen molar-refractivity contribution in [2.45, 2.75) is 31.3 Å². The fourth-order valence-electron chi connectivity index (χ4n) is 6.84. The quantitative estimate of drug-likeness (QED) is 0.194. The Bertz CT molecular complexity index is 1870. The van der Waals surface area contributed by atoms with E-state index in [0.717, 1.165) is 109 Å². The molecule has 1 saturated heterocycles. The van der Waals surface area contributed by atoms with Crippen molar-refractivity contribution in [3.63, 3.8) is 0 Å². The number of imidazole rings is 1. The number of anilines is 2. The normalized spacial score (nSPS) is 16.7. The summed E-state index contributed by atoms with van der Waals surface area (Å²) in [7, 11) is 0. The molecular weight excluding hydrogens is 564 g/mol. The first kappa shape index (κ1) is 27.6. The minimum Gasteiger partial charge on any atom is -0.465 e. The van der Waals surface area contributed by atoms with Gasteiger partial charge < -0.3 is 20.5 Å². The van der Waals surface area contributed by atoms with Gasteiger partial charge in [0.15, 0.2) is 5.82 Å². The number of hydrogen-bond acceptors (Lipinski definition) is 6. The highest BCUT2D eigenvalue weighted by Crippen LogP contribution is 2.46. The van der Waals surface area contributed by atoms with E-state index in [2.05, 4.69) is 86.8 Å². The number of amides is 1. The number of pyridine rings is 1. The Balaban J connectivity index is 1.28. The monoisotopic (exact) mass is 598 g/mol. The highest BCUT2D eigenvalue weighted by molar-refractivity contribution is 5.90. The Morgan fingerprint density at radius 2 is 1.69 bits per heavy atom. The van der Waals surface area contributed by atoms with Crippen molar-refractivity contribution in [3.8, 4) is 39.6 Å². The molecule has 2 fully saturated rings. The SMILES string of the molecule is O=C(O)NC1(c2ccc(-c3c(-c4ccc(CN5CCOCC5)cc4)nc4n3-c3cccnc3Nc3ccccc3-4)cc2)CCC1. The first-order chi connectivity index (χ1) is 22.1. The number of nitrogens with one attached hydrogen (secondary N) is 2. The average molecular weight is 599 g/mol. The molecule has 9 heteroatoms. The van der Waals surface area contributed by atoms with E-state index in [0.29, 0.717) is 0 Å². The lowest BCUT2D eigenvalue weighted by Gasteiger charge is -2.42. The lowest BCUT2D eigenvalue weighted by atomic mass is 9.71. The number of rotatable bonds is 6. The van der Waals surface area contributed by atoms with Gasteiger partial charge in [-0.2, -0.15) is 0 Å². The van der Waals surface area contributed by atoms with Gasteiger partial charge in [-0.05, 0) is 54.7 Å². The number of aromatic nitrogens is 3. The molecule has 0 atom stereocenters. The molecule has 8 rings (SSSR count). The molecule has 3 aromatic carbocycles. The third-order valence-corrected chi connectivity index (χ3v) is 9.33. The van der Waals surface area contributed by atoms with Crippen molar-refractivity contribution in [1.29, 1.82) is 0 Å². The molecule has 0 bridgehead atoms. The summed E-state index contributed by atoms with van der Waals surface area (Å²) in [6.07, 6.45) is 3.40. The van der Waals surface area contributed by atoms with Crippen molar-refractivity contribution in [3.05, 3.63) is 102 Å². The first-order valence-electron chi connectivity index (χ1n) is 15.5. The second kappa shape index (κ2) is 11.2. The van der Waals surface area contributed by atoms with E-state index in [1.165, 1.54) is 5.56 Å². The minimum atomic E-state index is -0.991. The summed E-state index contributed by atoms with van der Waals surface area (Å²) in [6.45, 7) is 4.34. The number of para-hydroxylation sites is 1. The summed E-state index contributed by atoms with van der Waals surface area (Å²) < 4.78 is 7.74. The molecule has 45 heavy (non-hydrogen) atoms. The highest BCUT2D eigenvalue weighted by Gasteiger charge is 2.40. The van der Waals surface area contributed by atoms with Gasteiger partial charge in [0.1, 0.15) is 5.82 Å². The maximum atomic E-state index is 11.6. The summed E-state index contributed by atoms with van der Waals surface area (Å²) in [4.78, 5) is 24.1. The van der Waals surface area contributed by atoms with Crippen LogP contribution in [0.1, 0.15) is 30.4 Å². The summed E-state index contributed by atoms with van der Waals surface area (Å²) in [5.41, 5.74) is 8.41. The molecule has 0 spiro atoms. The van der Waals surface area contributed by atoms with Crippen molar-refractivity contribution < 1.29 is 14.6 Å². The Morgan fingerprint density at radius 1 is 0.933 bits per heavy atom. The smallest absolute Gasteiger partial charge is 0.405 e. The van der Waals surface area contributed by atoms with E-state index in [1.54, 1.807) is 6.20 Å². The Hall–Kier alpha value is -4.99. The summed E-state index contributed by atoms with van der Waals surface area (Å²) in [6, 6.07) is 29.3. The van der Waals surface area contributed by atoms with Crippen LogP contribution in [0.25, 0.3) is 39.6 Å². The van der Waals surface area contributed by atoms with Gasteiger partial charge in [-0.1, -0.05) is 60.7 Å². The Labute approximate surface area is 261 Å². The number of benzene rings is 3. The largest absolute Gasteiger partial charge is 0.465 e. The summed E-state index contributed by atoms with van der Waals surface area (Å²) >= 11 is 0. The third kappa shape index (κ3) is 4.94. The number of fused-ring (bicyclic) bond motifs is 5. The number of carboxylic acid groups (broad SMARTS) is 1. The van der Waals surface area contributed by atoms with E-state index >= 15 is 0 Å². The zero-order valence-corrected chi connectivity index (χ0v) is 24.9. The molecule has 1 aliphatic carbocycles. The van der Waals surface area contributed by atoms with E-state index in [1.807, 2.05) is 18.2 Å². The van der Waals surface area contributed by atoms with Crippen molar-refractivity contribution in [2.24, 2.45) is 0 Å². The van der Waals surface area contributed by atoms with Gasteiger partial charge in [0, 0.05) is 42.5 Å². The predicted molar refractivity (Wildman–Crippen MR) is 174 cm³/mol. The summed E-state index contributed by atoms with van der Waals surface area (Å²) in [5.74, 6) is 1.59. The van der Waals surface area contributed by atoms with Gasteiger partial charge in [-0.3, -0.25) is 9.47 Å². The fourth-order valence-corrected chi connectivity index (χ4v) is 6.84. The van der Waals surface area contributed by atoms with Gasteiger partial charge in [0.05, 0.1) is 41.5 Å². The van der Waals surface area contributed by atoms with Crippen LogP contribution in [0.2, 0.25) is 0 Å². The van der Waals surface area contributed by atoms with Crippen LogP contribution in [0, 0.1) is 0 Å². The van der Waals surface area contributed by atoms with Crippen LogP contribution in [-0.2, 0) is 16.8 Å². The number of hydrogen-bond donors (Lipinski definition) is 3. The lowest BCUT2D eigenvalue weighted by Crippen LogP contribution is -2.50. The molecule has 1 amide bonds. The third-order valence-electron chi connectivity index (χ3n) is 9.33. The Kier molecular flexibility index (Phi) is 6.84. The molecule has 2 aliphatic heterocycles. The molecule has 4 heterocycles. The van der Waals surface area contributed by atoms with E-state index < -0.39 is 11.6 Å². The predicted octanol–water partition coefficient (Wildman–Crippen LogP) is 6.80. The van der Waals surface area contributed by atoms with E-state index in [9.17, 15) is 9.90 Å². The number of carbonyl (C=O) groups is 1. The molecule has 2 aromatic heterocycles. The Morgan fingerprint density at radius 3 is 2.42 bits per heavy atom. The van der Waals surface area contributed by atoms with Gasteiger partial charge >= 0.3 is 6.09 Å². The zero-order chi connectivity index (χ0) is 30.4. The molecular formula is C36H34N6O3. The lowest BCUT2D eigenvalue weighted by molar-refractivity contribution is 0.0342. The second-order valence-electron chi connectivity index (χ2n) is 12.0. The molecule has 3 aliphatic rings. The van der Waals surface area contributed by atoms with Crippen LogP contribution >= 0.6 is 0 Å². The first-order valence-corrected chi connectivity index (χ1v) is 15.5. The summed E-state index contributed by atoms with van der Waals surface area (Å²) in [5, 5.41) is 15.9. The van der Waals surface area contributed by atoms with E-state index in [-0.39, 0.29) is 0 Å². The van der Waals surface area contributed by atoms with Crippen LogP contribution in [-0.4, -0.2) is 56.9 Å².